The summed E-state index contributed by atoms with van der Waals surface area (Å²) in [7, 11) is 0. The maximum Gasteiger partial charge on any atom is 0.343 e. The third-order valence-corrected chi connectivity index (χ3v) is 5.69. The van der Waals surface area contributed by atoms with E-state index in [-0.39, 0.29) is 24.6 Å². The summed E-state index contributed by atoms with van der Waals surface area (Å²) < 4.78 is 10.3. The van der Waals surface area contributed by atoms with E-state index in [1.54, 1.807) is 92.7 Å². The highest BCUT2D eigenvalue weighted by molar-refractivity contribution is 5.99. The average molecular weight is 544 g/mol. The van der Waals surface area contributed by atoms with Crippen molar-refractivity contribution in [1.82, 2.24) is 4.90 Å². The summed E-state index contributed by atoms with van der Waals surface area (Å²) in [6.07, 6.45) is 1.59. The molecule has 0 aliphatic heterocycles. The van der Waals surface area contributed by atoms with Gasteiger partial charge in [0.15, 0.2) is 0 Å². The van der Waals surface area contributed by atoms with Gasteiger partial charge in [-0.05, 0) is 79.6 Å². The Labute approximate surface area is 231 Å². The Bertz CT molecular complexity index is 1430. The number of nitrogens with one attached hydrogen (secondary N) is 1. The van der Waals surface area contributed by atoms with Crippen molar-refractivity contribution in [3.8, 4) is 5.75 Å². The zero-order valence-corrected chi connectivity index (χ0v) is 22.0. The summed E-state index contributed by atoms with van der Waals surface area (Å²) in [5.41, 5.74) is 8.15. The highest BCUT2D eigenvalue weighted by Crippen LogP contribution is 2.17. The normalized spacial score (nSPS) is 10.9. The number of amidine groups is 1. The van der Waals surface area contributed by atoms with Crippen LogP contribution in [0.5, 0.6) is 5.75 Å². The number of ether oxygens (including phenoxy) is 2. The standard InChI is InChI=1S/C30H29N3O7/c1-3-39-29(37)23-10-6-21(7-11-23)17-33(18-26(34)35)28(36)19(2)16-20-4-8-24(9-5-20)30(38)40-25-14-12-22(13-15-25)27(31)32/h4-16H,3,17-18H2,1-2H3,(H3,31,32)(H,34,35)/b19-16+. The summed E-state index contributed by atoms with van der Waals surface area (Å²) in [4.78, 5) is 50.1. The molecule has 0 aliphatic rings. The first-order chi connectivity index (χ1) is 19.1. The van der Waals surface area contributed by atoms with Gasteiger partial charge < -0.3 is 25.2 Å². The minimum Gasteiger partial charge on any atom is -0.480 e. The van der Waals surface area contributed by atoms with Gasteiger partial charge in [-0.3, -0.25) is 15.0 Å². The molecule has 0 unspecified atom stereocenters. The maximum absolute atomic E-state index is 13.1. The fourth-order valence-corrected chi connectivity index (χ4v) is 3.69. The number of nitrogens with zero attached hydrogens (tertiary/aromatic N) is 1. The van der Waals surface area contributed by atoms with Gasteiger partial charge >= 0.3 is 17.9 Å². The molecular formula is C30H29N3O7. The zero-order valence-electron chi connectivity index (χ0n) is 22.0. The molecule has 0 bridgehead atoms. The van der Waals surface area contributed by atoms with Crippen LogP contribution in [0.25, 0.3) is 6.08 Å². The number of carbonyl (C=O) groups is 4. The molecule has 40 heavy (non-hydrogen) atoms. The van der Waals surface area contributed by atoms with Gasteiger partial charge in [0.25, 0.3) is 0 Å². The first-order valence-electron chi connectivity index (χ1n) is 12.3. The van der Waals surface area contributed by atoms with E-state index in [1.165, 1.54) is 4.90 Å². The van der Waals surface area contributed by atoms with Crippen LogP contribution in [0.3, 0.4) is 0 Å². The van der Waals surface area contributed by atoms with E-state index in [4.69, 9.17) is 20.6 Å². The quantitative estimate of drug-likeness (QED) is 0.108. The second-order valence-corrected chi connectivity index (χ2v) is 8.75. The molecule has 0 fully saturated rings. The monoisotopic (exact) mass is 543 g/mol. The number of carboxylic acids is 1. The molecule has 3 aromatic rings. The number of hydrogen-bond donors (Lipinski definition) is 3. The summed E-state index contributed by atoms with van der Waals surface area (Å²) >= 11 is 0. The molecule has 10 heteroatoms. The van der Waals surface area contributed by atoms with Crippen molar-refractivity contribution in [2.24, 2.45) is 5.73 Å². The maximum atomic E-state index is 13.1. The van der Waals surface area contributed by atoms with Crippen molar-refractivity contribution in [1.29, 1.82) is 5.41 Å². The van der Waals surface area contributed by atoms with Crippen molar-refractivity contribution in [3.63, 3.8) is 0 Å². The van der Waals surface area contributed by atoms with E-state index < -0.39 is 30.4 Å². The van der Waals surface area contributed by atoms with E-state index in [9.17, 15) is 24.3 Å². The van der Waals surface area contributed by atoms with Gasteiger partial charge in [-0.25, -0.2) is 9.59 Å². The Kier molecular flexibility index (Phi) is 9.90. The molecule has 206 valence electrons. The van der Waals surface area contributed by atoms with E-state index in [0.29, 0.717) is 33.6 Å². The Hall–Kier alpha value is -5.25. The van der Waals surface area contributed by atoms with Crippen LogP contribution < -0.4 is 10.5 Å². The number of hydrogen-bond acceptors (Lipinski definition) is 7. The third kappa shape index (κ3) is 8.12. The number of nitrogens with two attached hydrogens (primary N) is 1. The zero-order chi connectivity index (χ0) is 29.2. The van der Waals surface area contributed by atoms with E-state index in [0.717, 1.165) is 0 Å². The number of carboxylic acid groups (broad SMARTS) is 1. The van der Waals surface area contributed by atoms with Crippen LogP contribution in [0.4, 0.5) is 0 Å². The number of esters is 2. The smallest absolute Gasteiger partial charge is 0.343 e. The highest BCUT2D eigenvalue weighted by atomic mass is 16.5. The molecule has 0 saturated heterocycles. The molecule has 0 spiro atoms. The van der Waals surface area contributed by atoms with Crippen LogP contribution >= 0.6 is 0 Å². The van der Waals surface area contributed by atoms with Gasteiger partial charge in [0.05, 0.1) is 17.7 Å². The van der Waals surface area contributed by atoms with Crippen molar-refractivity contribution in [2.45, 2.75) is 20.4 Å². The van der Waals surface area contributed by atoms with Crippen molar-refractivity contribution < 1.29 is 33.8 Å². The van der Waals surface area contributed by atoms with Crippen LogP contribution in [0.1, 0.15) is 51.3 Å². The lowest BCUT2D eigenvalue weighted by Crippen LogP contribution is -2.35. The van der Waals surface area contributed by atoms with Gasteiger partial charge in [0.1, 0.15) is 18.1 Å². The van der Waals surface area contributed by atoms with Crippen LogP contribution in [-0.2, 0) is 20.9 Å². The van der Waals surface area contributed by atoms with Crippen LogP contribution in [0.2, 0.25) is 0 Å². The molecule has 0 aliphatic carbocycles. The first-order valence-corrected chi connectivity index (χ1v) is 12.3. The lowest BCUT2D eigenvalue weighted by molar-refractivity contribution is -0.143. The predicted molar refractivity (Wildman–Crippen MR) is 148 cm³/mol. The molecule has 4 N–H and O–H groups in total. The van der Waals surface area contributed by atoms with Crippen molar-refractivity contribution in [3.05, 3.63) is 106 Å². The van der Waals surface area contributed by atoms with Gasteiger partial charge in [-0.1, -0.05) is 24.3 Å². The number of nitrogen functional groups attached to an aromatic ring is 1. The lowest BCUT2D eigenvalue weighted by atomic mass is 10.1. The number of rotatable bonds is 11. The lowest BCUT2D eigenvalue weighted by Gasteiger charge is -2.21. The molecule has 0 heterocycles. The van der Waals surface area contributed by atoms with Crippen LogP contribution in [0.15, 0.2) is 78.4 Å². The Morgan fingerprint density at radius 3 is 1.98 bits per heavy atom. The summed E-state index contributed by atoms with van der Waals surface area (Å²) in [6, 6.07) is 19.0. The molecular weight excluding hydrogens is 514 g/mol. The SMILES string of the molecule is CCOC(=O)c1ccc(CN(CC(=O)O)C(=O)/C(C)=C/c2ccc(C(=O)Oc3ccc(C(=N)N)cc3)cc2)cc1. The largest absolute Gasteiger partial charge is 0.480 e. The summed E-state index contributed by atoms with van der Waals surface area (Å²) in [5, 5.41) is 16.8. The third-order valence-electron chi connectivity index (χ3n) is 5.69. The topological polar surface area (TPSA) is 160 Å². The van der Waals surface area contributed by atoms with E-state index >= 15 is 0 Å². The van der Waals surface area contributed by atoms with Crippen LogP contribution in [0, 0.1) is 5.41 Å². The second kappa shape index (κ2) is 13.5. The fraction of sp³-hybridized carbons (Fsp3) is 0.167. The molecule has 0 saturated carbocycles. The van der Waals surface area contributed by atoms with Gasteiger partial charge in [-0.2, -0.15) is 0 Å². The predicted octanol–water partition coefficient (Wildman–Crippen LogP) is 3.88. The Morgan fingerprint density at radius 2 is 1.43 bits per heavy atom. The molecule has 10 nitrogen and oxygen atoms in total. The van der Waals surface area contributed by atoms with E-state index in [2.05, 4.69) is 0 Å². The minimum atomic E-state index is -1.16. The molecule has 0 radical (unpaired) electrons. The first kappa shape index (κ1) is 29.3. The molecule has 0 atom stereocenters. The van der Waals surface area contributed by atoms with Gasteiger partial charge in [-0.15, -0.1) is 0 Å². The summed E-state index contributed by atoms with van der Waals surface area (Å²) in [5.74, 6) is -2.48. The number of carbonyl (C=O) groups excluding carboxylic acids is 3. The average Bonchev–Trinajstić information content (AvgIpc) is 2.93. The number of amides is 1. The van der Waals surface area contributed by atoms with Crippen molar-refractivity contribution in [2.75, 3.05) is 13.2 Å². The number of aliphatic carboxylic acids is 1. The highest BCUT2D eigenvalue weighted by Gasteiger charge is 2.19. The van der Waals surface area contributed by atoms with Gasteiger partial charge in [0.2, 0.25) is 5.91 Å². The molecule has 3 rings (SSSR count). The fourth-order valence-electron chi connectivity index (χ4n) is 3.69. The Balaban J connectivity index is 1.68. The van der Waals surface area contributed by atoms with Crippen LogP contribution in [-0.4, -0.2) is 52.8 Å². The molecule has 1 amide bonds. The molecule has 0 aromatic heterocycles. The minimum absolute atomic E-state index is 0.0254. The second-order valence-electron chi connectivity index (χ2n) is 8.75. The van der Waals surface area contributed by atoms with Gasteiger partial charge in [0, 0.05) is 17.7 Å². The van der Waals surface area contributed by atoms with Crippen molar-refractivity contribution >= 4 is 35.7 Å². The summed E-state index contributed by atoms with van der Waals surface area (Å²) in [6.45, 7) is 3.05. The Morgan fingerprint density at radius 1 is 0.875 bits per heavy atom. The molecule has 3 aromatic carbocycles. The number of benzene rings is 3. The van der Waals surface area contributed by atoms with E-state index in [1.807, 2.05) is 0 Å².